The van der Waals surface area contributed by atoms with Crippen molar-refractivity contribution in [1.29, 1.82) is 0 Å². The van der Waals surface area contributed by atoms with E-state index in [1.807, 2.05) is 30.3 Å². The first kappa shape index (κ1) is 23.7. The van der Waals surface area contributed by atoms with E-state index < -0.39 is 0 Å². The van der Waals surface area contributed by atoms with Gasteiger partial charge in [-0.2, -0.15) is 5.10 Å². The molecule has 3 heterocycles. The zero-order valence-electron chi connectivity index (χ0n) is 20.5. The number of carbonyl (C=O) groups excluding carboxylic acids is 1. The number of piperazine rings is 1. The van der Waals surface area contributed by atoms with Crippen LogP contribution in [0.5, 0.6) is 11.5 Å². The predicted octanol–water partition coefficient (Wildman–Crippen LogP) is 3.79. The number of fused-ring (bicyclic) bond motifs is 1. The van der Waals surface area contributed by atoms with Gasteiger partial charge in [0.25, 0.3) is 5.56 Å². The number of hydrogen-bond donors (Lipinski definition) is 0. The van der Waals surface area contributed by atoms with Gasteiger partial charge < -0.3 is 19.3 Å². The summed E-state index contributed by atoms with van der Waals surface area (Å²) < 4.78 is 25.4. The number of halogens is 1. The number of benzene rings is 3. The smallest absolute Gasteiger partial charge is 0.275 e. The van der Waals surface area contributed by atoms with Gasteiger partial charge in [-0.25, -0.2) is 9.07 Å². The third-order valence-corrected chi connectivity index (χ3v) is 6.84. The lowest BCUT2D eigenvalue weighted by molar-refractivity contribution is -0.132. The molecule has 192 valence electrons. The first-order valence-electron chi connectivity index (χ1n) is 12.4. The van der Waals surface area contributed by atoms with Gasteiger partial charge in [0.15, 0.2) is 11.5 Å². The van der Waals surface area contributed by atoms with Crippen molar-refractivity contribution >= 4 is 11.6 Å². The zero-order valence-corrected chi connectivity index (χ0v) is 20.5. The fourth-order valence-electron chi connectivity index (χ4n) is 4.76. The highest BCUT2D eigenvalue weighted by Gasteiger charge is 2.24. The van der Waals surface area contributed by atoms with Gasteiger partial charge in [0.2, 0.25) is 12.7 Å². The van der Waals surface area contributed by atoms with E-state index in [1.165, 1.54) is 16.8 Å². The molecule has 1 saturated heterocycles. The highest BCUT2D eigenvalue weighted by atomic mass is 19.1. The average Bonchev–Trinajstić information content (AvgIpc) is 3.43. The number of aromatic nitrogens is 2. The molecule has 8 nitrogen and oxygen atoms in total. The highest BCUT2D eigenvalue weighted by molar-refractivity contribution is 5.77. The molecule has 1 fully saturated rings. The molecular weight excluding hydrogens is 487 g/mol. The van der Waals surface area contributed by atoms with Gasteiger partial charge in [-0.05, 0) is 48.0 Å². The van der Waals surface area contributed by atoms with Crippen molar-refractivity contribution < 1.29 is 18.7 Å². The van der Waals surface area contributed by atoms with E-state index in [-0.39, 0.29) is 30.6 Å². The SMILES string of the molecule is O=C(Cn1nc(-c2ccccc2)cc(-c2ccc3c(c2)OCO3)c1=O)N1CCN(c2ccc(F)cc2)CC1. The second-order valence-corrected chi connectivity index (χ2v) is 9.18. The van der Waals surface area contributed by atoms with Crippen LogP contribution in [-0.2, 0) is 11.3 Å². The van der Waals surface area contributed by atoms with E-state index in [2.05, 4.69) is 10.00 Å². The first-order chi connectivity index (χ1) is 18.5. The minimum Gasteiger partial charge on any atom is -0.454 e. The van der Waals surface area contributed by atoms with Gasteiger partial charge in [0.05, 0.1) is 11.3 Å². The largest absolute Gasteiger partial charge is 0.454 e. The first-order valence-corrected chi connectivity index (χ1v) is 12.4. The van der Waals surface area contributed by atoms with Gasteiger partial charge in [0.1, 0.15) is 12.4 Å². The van der Waals surface area contributed by atoms with E-state index in [1.54, 1.807) is 41.3 Å². The summed E-state index contributed by atoms with van der Waals surface area (Å²) in [6, 6.07) is 23.0. The molecule has 0 bridgehead atoms. The van der Waals surface area contributed by atoms with Crippen molar-refractivity contribution in [2.45, 2.75) is 6.54 Å². The number of nitrogens with zero attached hydrogens (tertiary/aromatic N) is 4. The quantitative estimate of drug-likeness (QED) is 0.405. The summed E-state index contributed by atoms with van der Waals surface area (Å²) in [7, 11) is 0. The van der Waals surface area contributed by atoms with Crippen LogP contribution in [0.2, 0.25) is 0 Å². The van der Waals surface area contributed by atoms with Crippen LogP contribution in [0.15, 0.2) is 83.7 Å². The number of anilines is 1. The van der Waals surface area contributed by atoms with E-state index >= 15 is 0 Å². The molecule has 0 saturated carbocycles. The molecule has 0 unspecified atom stereocenters. The van der Waals surface area contributed by atoms with Crippen LogP contribution in [0.3, 0.4) is 0 Å². The van der Waals surface area contributed by atoms with E-state index in [0.29, 0.717) is 54.5 Å². The van der Waals surface area contributed by atoms with Gasteiger partial charge in [-0.15, -0.1) is 0 Å². The Labute approximate surface area is 218 Å². The second kappa shape index (κ2) is 10.0. The molecule has 9 heteroatoms. The molecule has 0 spiro atoms. The lowest BCUT2D eigenvalue weighted by Crippen LogP contribution is -2.50. The zero-order chi connectivity index (χ0) is 26.1. The summed E-state index contributed by atoms with van der Waals surface area (Å²) in [4.78, 5) is 30.7. The monoisotopic (exact) mass is 512 g/mol. The Balaban J connectivity index is 1.27. The Bertz CT molecular complexity index is 1530. The van der Waals surface area contributed by atoms with Crippen molar-refractivity contribution in [2.75, 3.05) is 37.9 Å². The molecular formula is C29H25FN4O4. The summed E-state index contributed by atoms with van der Waals surface area (Å²) in [6.07, 6.45) is 0. The summed E-state index contributed by atoms with van der Waals surface area (Å²) in [6.45, 7) is 2.19. The lowest BCUT2D eigenvalue weighted by Gasteiger charge is -2.36. The molecule has 1 amide bonds. The Kier molecular flexibility index (Phi) is 6.25. The van der Waals surface area contributed by atoms with Crippen LogP contribution in [0, 0.1) is 5.82 Å². The lowest BCUT2D eigenvalue weighted by atomic mass is 10.0. The van der Waals surface area contributed by atoms with Gasteiger partial charge in [-0.3, -0.25) is 9.59 Å². The highest BCUT2D eigenvalue weighted by Crippen LogP contribution is 2.35. The van der Waals surface area contributed by atoms with Crippen molar-refractivity contribution in [3.8, 4) is 33.9 Å². The molecule has 0 aliphatic carbocycles. The van der Waals surface area contributed by atoms with Gasteiger partial charge >= 0.3 is 0 Å². The molecule has 0 atom stereocenters. The van der Waals surface area contributed by atoms with Crippen LogP contribution in [-0.4, -0.2) is 53.6 Å². The molecule has 4 aromatic rings. The van der Waals surface area contributed by atoms with Crippen molar-refractivity contribution in [3.05, 3.63) is 95.0 Å². The molecule has 38 heavy (non-hydrogen) atoms. The van der Waals surface area contributed by atoms with E-state index in [9.17, 15) is 14.0 Å². The Hall–Kier alpha value is -4.66. The third-order valence-electron chi connectivity index (χ3n) is 6.84. The molecule has 0 radical (unpaired) electrons. The summed E-state index contributed by atoms with van der Waals surface area (Å²) in [5, 5.41) is 4.56. The van der Waals surface area contributed by atoms with Crippen LogP contribution in [0.25, 0.3) is 22.4 Å². The van der Waals surface area contributed by atoms with Crippen molar-refractivity contribution in [2.24, 2.45) is 0 Å². The number of ether oxygens (including phenoxy) is 2. The summed E-state index contributed by atoms with van der Waals surface area (Å²) in [5.41, 5.74) is 3.07. The molecule has 0 N–H and O–H groups in total. The molecule has 3 aromatic carbocycles. The normalized spacial score (nSPS) is 14.6. The van der Waals surface area contributed by atoms with Crippen LogP contribution < -0.4 is 19.9 Å². The van der Waals surface area contributed by atoms with Crippen LogP contribution in [0.4, 0.5) is 10.1 Å². The van der Waals surface area contributed by atoms with Gasteiger partial charge in [0, 0.05) is 37.4 Å². The van der Waals surface area contributed by atoms with Crippen molar-refractivity contribution in [3.63, 3.8) is 0 Å². The minimum atomic E-state index is -0.359. The maximum atomic E-state index is 13.6. The van der Waals surface area contributed by atoms with Crippen LogP contribution in [0.1, 0.15) is 0 Å². The topological polar surface area (TPSA) is 76.9 Å². The fraction of sp³-hybridized carbons (Fsp3) is 0.207. The number of amides is 1. The maximum Gasteiger partial charge on any atom is 0.275 e. The minimum absolute atomic E-state index is 0.136. The predicted molar refractivity (Wildman–Crippen MR) is 141 cm³/mol. The number of carbonyl (C=O) groups is 1. The Morgan fingerprint density at radius 2 is 1.58 bits per heavy atom. The maximum absolute atomic E-state index is 13.6. The number of rotatable bonds is 5. The van der Waals surface area contributed by atoms with Crippen LogP contribution >= 0.6 is 0 Å². The van der Waals surface area contributed by atoms with E-state index in [0.717, 1.165) is 11.3 Å². The molecule has 2 aliphatic heterocycles. The standard InChI is InChI=1S/C29H25FN4O4/c30-22-7-9-23(10-8-22)32-12-14-33(15-13-32)28(35)18-34-29(36)24(17-25(31-34)20-4-2-1-3-5-20)21-6-11-26-27(16-21)38-19-37-26/h1-11,16-17H,12-15,18-19H2. The third kappa shape index (κ3) is 4.70. The summed E-state index contributed by atoms with van der Waals surface area (Å²) in [5.74, 6) is 0.738. The molecule has 2 aliphatic rings. The molecule has 6 rings (SSSR count). The van der Waals surface area contributed by atoms with E-state index in [4.69, 9.17) is 9.47 Å². The Morgan fingerprint density at radius 1 is 0.842 bits per heavy atom. The number of hydrogen-bond acceptors (Lipinski definition) is 6. The van der Waals surface area contributed by atoms with Gasteiger partial charge in [-0.1, -0.05) is 36.4 Å². The average molecular weight is 513 g/mol. The van der Waals surface area contributed by atoms with Crippen molar-refractivity contribution in [1.82, 2.24) is 14.7 Å². The molecule has 1 aromatic heterocycles. The summed E-state index contributed by atoms with van der Waals surface area (Å²) >= 11 is 0. The fourth-order valence-corrected chi connectivity index (χ4v) is 4.76. The Morgan fingerprint density at radius 3 is 2.34 bits per heavy atom. The second-order valence-electron chi connectivity index (χ2n) is 9.18.